The van der Waals surface area contributed by atoms with Gasteiger partial charge in [-0.15, -0.1) is 0 Å². The van der Waals surface area contributed by atoms with Crippen molar-refractivity contribution >= 4 is 29.3 Å². The number of hydrogen-bond acceptors (Lipinski definition) is 6. The molecule has 2 amide bonds. The average Bonchev–Trinajstić information content (AvgIpc) is 2.93. The van der Waals surface area contributed by atoms with Crippen LogP contribution >= 0.6 is 11.6 Å². The zero-order valence-corrected chi connectivity index (χ0v) is 24.8. The molecular weight excluding hydrogens is 549 g/mol. The molecule has 0 saturated carbocycles. The van der Waals surface area contributed by atoms with Crippen molar-refractivity contribution < 1.29 is 28.2 Å². The lowest BCUT2D eigenvalue weighted by molar-refractivity contribution is -0.140. The molecule has 0 bridgehead atoms. The number of carbonyl (C=O) groups excluding carboxylic acids is 2. The van der Waals surface area contributed by atoms with Crippen molar-refractivity contribution in [3.05, 3.63) is 52.8 Å². The van der Waals surface area contributed by atoms with Gasteiger partial charge in [-0.3, -0.25) is 9.69 Å². The highest BCUT2D eigenvalue weighted by Crippen LogP contribution is 2.42. The molecule has 1 fully saturated rings. The number of halogens is 2. The summed E-state index contributed by atoms with van der Waals surface area (Å²) in [5.41, 5.74) is -0.125. The van der Waals surface area contributed by atoms with E-state index < -0.39 is 23.2 Å². The van der Waals surface area contributed by atoms with Crippen molar-refractivity contribution in [3.63, 3.8) is 0 Å². The fourth-order valence-corrected chi connectivity index (χ4v) is 5.23. The number of amides is 2. The van der Waals surface area contributed by atoms with Crippen LogP contribution in [0.2, 0.25) is 5.02 Å². The van der Waals surface area contributed by atoms with Gasteiger partial charge >= 0.3 is 6.09 Å². The van der Waals surface area contributed by atoms with E-state index in [9.17, 15) is 19.2 Å². The summed E-state index contributed by atoms with van der Waals surface area (Å²) >= 11 is 6.49. The van der Waals surface area contributed by atoms with Gasteiger partial charge in [-0.1, -0.05) is 37.1 Å². The molecule has 1 saturated heterocycles. The summed E-state index contributed by atoms with van der Waals surface area (Å²) in [7, 11) is 0. The lowest BCUT2D eigenvalue weighted by Crippen LogP contribution is -2.54. The Morgan fingerprint density at radius 3 is 2.49 bits per heavy atom. The van der Waals surface area contributed by atoms with Crippen LogP contribution in [0.15, 0.2) is 36.4 Å². The van der Waals surface area contributed by atoms with Gasteiger partial charge in [0.2, 0.25) is 0 Å². The summed E-state index contributed by atoms with van der Waals surface area (Å²) in [4.78, 5) is 30.0. The molecule has 41 heavy (non-hydrogen) atoms. The first-order valence-corrected chi connectivity index (χ1v) is 14.4. The van der Waals surface area contributed by atoms with Gasteiger partial charge < -0.3 is 19.1 Å². The Labute approximate surface area is 245 Å². The number of nitriles is 1. The second-order valence-corrected chi connectivity index (χ2v) is 12.1. The highest BCUT2D eigenvalue weighted by atomic mass is 35.5. The van der Waals surface area contributed by atoms with Crippen LogP contribution in [0.1, 0.15) is 58.9 Å². The zero-order valence-electron chi connectivity index (χ0n) is 24.0. The third-order valence-corrected chi connectivity index (χ3v) is 7.59. The number of anilines is 1. The highest BCUT2D eigenvalue weighted by molar-refractivity contribution is 6.32. The maximum absolute atomic E-state index is 13.7. The molecule has 0 radical (unpaired) electrons. The molecule has 4 rings (SSSR count). The van der Waals surface area contributed by atoms with Crippen LogP contribution in [0.4, 0.5) is 14.9 Å². The Kier molecular flexibility index (Phi) is 9.33. The van der Waals surface area contributed by atoms with Crippen LogP contribution in [0.25, 0.3) is 0 Å². The summed E-state index contributed by atoms with van der Waals surface area (Å²) in [6, 6.07) is 11.8. The Morgan fingerprint density at radius 1 is 1.20 bits per heavy atom. The van der Waals surface area contributed by atoms with Crippen molar-refractivity contribution in [3.8, 4) is 17.6 Å². The van der Waals surface area contributed by atoms with E-state index in [4.69, 9.17) is 25.8 Å². The molecule has 1 atom stereocenters. The molecule has 0 aliphatic carbocycles. The molecule has 2 aromatic carbocycles. The van der Waals surface area contributed by atoms with Crippen LogP contribution < -0.4 is 14.4 Å². The number of ether oxygens (including phenoxy) is 3. The van der Waals surface area contributed by atoms with Crippen molar-refractivity contribution in [2.75, 3.05) is 31.1 Å². The van der Waals surface area contributed by atoms with Gasteiger partial charge in [-0.2, -0.15) is 5.26 Å². The smallest absolute Gasteiger partial charge is 0.415 e. The van der Waals surface area contributed by atoms with Crippen LogP contribution in [0, 0.1) is 22.6 Å². The molecule has 0 spiro atoms. The summed E-state index contributed by atoms with van der Waals surface area (Å²) < 4.78 is 31.0. The predicted molar refractivity (Wildman–Crippen MR) is 154 cm³/mol. The summed E-state index contributed by atoms with van der Waals surface area (Å²) in [6.07, 6.45) is 1.62. The number of hydrogen-bond donors (Lipinski definition) is 0. The number of piperidine rings is 1. The largest absolute Gasteiger partial charge is 0.492 e. The molecule has 2 aliphatic rings. The van der Waals surface area contributed by atoms with Gasteiger partial charge in [0.25, 0.3) is 5.91 Å². The average molecular weight is 586 g/mol. The highest BCUT2D eigenvalue weighted by Gasteiger charge is 2.42. The minimum absolute atomic E-state index is 0.0530. The number of carbonyl (C=O) groups is 2. The lowest BCUT2D eigenvalue weighted by Gasteiger charge is -2.41. The van der Waals surface area contributed by atoms with E-state index in [1.807, 2.05) is 0 Å². The number of fused-ring (bicyclic) bond motifs is 1. The minimum atomic E-state index is -0.980. The lowest BCUT2D eigenvalue weighted by atomic mass is 9.75. The van der Waals surface area contributed by atoms with Gasteiger partial charge in [-0.25, -0.2) is 9.18 Å². The van der Waals surface area contributed by atoms with Crippen LogP contribution in [-0.4, -0.2) is 54.8 Å². The fourth-order valence-electron chi connectivity index (χ4n) is 5.02. The second-order valence-electron chi connectivity index (χ2n) is 11.7. The van der Waals surface area contributed by atoms with Crippen LogP contribution in [0.5, 0.6) is 11.5 Å². The quantitative estimate of drug-likeness (QED) is 0.343. The van der Waals surface area contributed by atoms with E-state index in [1.165, 1.54) is 17.0 Å². The maximum Gasteiger partial charge on any atom is 0.415 e. The molecule has 0 N–H and O–H groups in total. The maximum atomic E-state index is 13.7. The molecular formula is C31H37ClFN3O5. The third-order valence-electron chi connectivity index (χ3n) is 7.29. The predicted octanol–water partition coefficient (Wildman–Crippen LogP) is 6.54. The number of benzene rings is 2. The van der Waals surface area contributed by atoms with Crippen LogP contribution in [0.3, 0.4) is 0 Å². The van der Waals surface area contributed by atoms with E-state index in [1.54, 1.807) is 49.9 Å². The monoisotopic (exact) mass is 585 g/mol. The number of rotatable bonds is 7. The Bertz CT molecular complexity index is 1300. The molecule has 2 aromatic rings. The first-order valence-electron chi connectivity index (χ1n) is 14.0. The SMILES string of the molecule is CCCCOc1cc2c(cc1Cl)N(C(=O)OC(C)(C)C)CC(C(=O)N1CCC(C#N)(Cc3ccc(F)cc3)CC1)O2. The molecule has 8 nitrogen and oxygen atoms in total. The zero-order chi connectivity index (χ0) is 29.8. The minimum Gasteiger partial charge on any atom is -0.492 e. The van der Waals surface area contributed by atoms with Crippen molar-refractivity contribution in [1.29, 1.82) is 5.26 Å². The van der Waals surface area contributed by atoms with Gasteiger partial charge in [0.1, 0.15) is 22.9 Å². The van der Waals surface area contributed by atoms with Crippen LogP contribution in [-0.2, 0) is 16.0 Å². The molecule has 0 aromatic heterocycles. The van der Waals surface area contributed by atoms with E-state index >= 15 is 0 Å². The Hall–Kier alpha value is -3.51. The van der Waals surface area contributed by atoms with Crippen molar-refractivity contribution in [1.82, 2.24) is 4.90 Å². The van der Waals surface area contributed by atoms with E-state index in [2.05, 4.69) is 13.0 Å². The summed E-state index contributed by atoms with van der Waals surface area (Å²) in [5.74, 6) is 0.113. The summed E-state index contributed by atoms with van der Waals surface area (Å²) in [6.45, 7) is 8.51. The van der Waals surface area contributed by atoms with Gasteiger partial charge in [0, 0.05) is 19.2 Å². The molecule has 1 unspecified atom stereocenters. The van der Waals surface area contributed by atoms with Crippen molar-refractivity contribution in [2.24, 2.45) is 5.41 Å². The van der Waals surface area contributed by atoms with E-state index in [0.717, 1.165) is 18.4 Å². The second kappa shape index (κ2) is 12.6. The van der Waals surface area contributed by atoms with Gasteiger partial charge in [-0.05, 0) is 70.2 Å². The van der Waals surface area contributed by atoms with Crippen molar-refractivity contribution in [2.45, 2.75) is 71.5 Å². The normalized spacial score (nSPS) is 18.1. The van der Waals surface area contributed by atoms with E-state index in [-0.39, 0.29) is 18.3 Å². The molecule has 2 heterocycles. The number of likely N-dealkylation sites (tertiary alicyclic amines) is 1. The van der Waals surface area contributed by atoms with Gasteiger partial charge in [0.05, 0.1) is 35.3 Å². The molecule has 220 valence electrons. The number of nitrogens with zero attached hydrogens (tertiary/aromatic N) is 3. The fraction of sp³-hybridized carbons (Fsp3) is 0.516. The summed E-state index contributed by atoms with van der Waals surface area (Å²) in [5, 5.41) is 10.3. The topological polar surface area (TPSA) is 92.1 Å². The first-order chi connectivity index (χ1) is 19.4. The molecule has 10 heteroatoms. The third kappa shape index (κ3) is 7.42. The van der Waals surface area contributed by atoms with E-state index in [0.29, 0.717) is 61.2 Å². The number of unbranched alkanes of at least 4 members (excludes halogenated alkanes) is 1. The Balaban J connectivity index is 1.52. The first kappa shape index (κ1) is 30.4. The molecule has 2 aliphatic heterocycles. The van der Waals surface area contributed by atoms with Gasteiger partial charge in [0.15, 0.2) is 6.10 Å². The standard InChI is InChI=1S/C31H37ClFN3O5/c1-5-6-15-39-25-17-26-24(16-23(25)32)36(29(38)41-30(2,3)4)19-27(40-26)28(37)35-13-11-31(20-34,12-14-35)18-21-7-9-22(33)10-8-21/h7-10,16-17,27H,5-6,11-15,18-19H2,1-4H3. The Morgan fingerprint density at radius 2 is 1.88 bits per heavy atom.